The highest BCUT2D eigenvalue weighted by Crippen LogP contribution is 2.37. The summed E-state index contributed by atoms with van der Waals surface area (Å²) in [4.78, 5) is 18.3. The van der Waals surface area contributed by atoms with Crippen molar-refractivity contribution in [2.75, 3.05) is 31.6 Å². The van der Waals surface area contributed by atoms with Gasteiger partial charge >= 0.3 is 0 Å². The van der Waals surface area contributed by atoms with Crippen LogP contribution in [0.3, 0.4) is 0 Å². The number of benzene rings is 1. The van der Waals surface area contributed by atoms with Crippen LogP contribution in [0.15, 0.2) is 36.9 Å². The molecule has 1 saturated heterocycles. The number of nitrogens with one attached hydrogen (secondary N) is 2. The maximum atomic E-state index is 5.93. The van der Waals surface area contributed by atoms with E-state index in [-0.39, 0.29) is 0 Å². The van der Waals surface area contributed by atoms with Crippen molar-refractivity contribution < 1.29 is 4.74 Å². The number of nitrogens with zero attached hydrogens (tertiary/aromatic N) is 4. The lowest BCUT2D eigenvalue weighted by atomic mass is 10.0. The minimum atomic E-state index is 0.652. The van der Waals surface area contributed by atoms with Gasteiger partial charge in [-0.15, -0.1) is 0 Å². The Morgan fingerprint density at radius 1 is 1.07 bits per heavy atom. The lowest BCUT2D eigenvalue weighted by Gasteiger charge is -2.16. The second kappa shape index (κ2) is 7.75. The van der Waals surface area contributed by atoms with Crippen LogP contribution in [0.4, 0.5) is 11.5 Å². The van der Waals surface area contributed by atoms with Crippen LogP contribution in [0, 0.1) is 11.8 Å². The number of fused-ring (bicyclic) bond motifs is 2. The summed E-state index contributed by atoms with van der Waals surface area (Å²) in [5, 5.41) is 3.30. The summed E-state index contributed by atoms with van der Waals surface area (Å²) in [5.41, 5.74) is 2.40. The number of likely N-dealkylation sites (tertiary alicyclic amines) is 1. The fourth-order valence-corrected chi connectivity index (χ4v) is 4.62. The Kier molecular flexibility index (Phi) is 4.83. The molecule has 0 bridgehead atoms. The van der Waals surface area contributed by atoms with Crippen LogP contribution in [0.2, 0.25) is 0 Å². The number of hydrogen-bond donors (Lipinski definition) is 2. The van der Waals surface area contributed by atoms with E-state index >= 15 is 0 Å². The van der Waals surface area contributed by atoms with E-state index in [0.717, 1.165) is 48.4 Å². The molecule has 2 atom stereocenters. The van der Waals surface area contributed by atoms with Gasteiger partial charge in [-0.05, 0) is 55.4 Å². The summed E-state index contributed by atoms with van der Waals surface area (Å²) in [6.45, 7) is 4.52. The second-order valence-electron chi connectivity index (χ2n) is 7.89. The standard InChI is InChI=1S/C21H26N6O/c1-3-15-11-27(12-16(15)4-1)9-2-10-28-18-7-5-17(6-8-18)26-21-19-20(23-13-22-19)24-14-25-21/h5-8,13-16H,1-4,9-12H2,(H2,22,23,24,25,26). The van der Waals surface area contributed by atoms with E-state index in [9.17, 15) is 0 Å². The molecule has 1 aromatic carbocycles. The Bertz CT molecular complexity index is 912. The van der Waals surface area contributed by atoms with E-state index < -0.39 is 0 Å². The molecule has 2 N–H and O–H groups in total. The molecule has 3 aromatic rings. The van der Waals surface area contributed by atoms with Crippen LogP contribution in [-0.2, 0) is 0 Å². The summed E-state index contributed by atoms with van der Waals surface area (Å²) >= 11 is 0. The Balaban J connectivity index is 1.09. The molecule has 3 heterocycles. The highest BCUT2D eigenvalue weighted by atomic mass is 16.5. The molecule has 2 aromatic heterocycles. The van der Waals surface area contributed by atoms with Gasteiger partial charge in [0.25, 0.3) is 0 Å². The number of imidazole rings is 1. The summed E-state index contributed by atoms with van der Waals surface area (Å²) in [5.74, 6) is 3.56. The fourth-order valence-electron chi connectivity index (χ4n) is 4.62. The third-order valence-electron chi connectivity index (χ3n) is 6.03. The summed E-state index contributed by atoms with van der Waals surface area (Å²) in [6, 6.07) is 7.99. The molecule has 1 aliphatic carbocycles. The largest absolute Gasteiger partial charge is 0.494 e. The molecule has 2 fully saturated rings. The van der Waals surface area contributed by atoms with Crippen molar-refractivity contribution >= 4 is 22.7 Å². The lowest BCUT2D eigenvalue weighted by Crippen LogP contribution is -2.24. The smallest absolute Gasteiger partial charge is 0.182 e. The first-order chi connectivity index (χ1) is 13.8. The monoisotopic (exact) mass is 378 g/mol. The van der Waals surface area contributed by atoms with E-state index in [2.05, 4.69) is 30.2 Å². The van der Waals surface area contributed by atoms with Crippen molar-refractivity contribution in [1.29, 1.82) is 0 Å². The molecule has 28 heavy (non-hydrogen) atoms. The molecular formula is C21H26N6O. The van der Waals surface area contributed by atoms with Crippen LogP contribution in [0.5, 0.6) is 5.75 Å². The summed E-state index contributed by atoms with van der Waals surface area (Å²) in [6.07, 6.45) is 8.55. The number of H-pyrrole nitrogens is 1. The number of aromatic amines is 1. The van der Waals surface area contributed by atoms with Crippen LogP contribution in [-0.4, -0.2) is 51.1 Å². The van der Waals surface area contributed by atoms with Gasteiger partial charge in [0.15, 0.2) is 11.5 Å². The first kappa shape index (κ1) is 17.4. The lowest BCUT2D eigenvalue weighted by molar-refractivity contribution is 0.253. The van der Waals surface area contributed by atoms with E-state index in [1.54, 1.807) is 6.33 Å². The van der Waals surface area contributed by atoms with Gasteiger partial charge < -0.3 is 19.9 Å². The Labute approximate surface area is 164 Å². The van der Waals surface area contributed by atoms with Gasteiger partial charge in [-0.2, -0.15) is 0 Å². The van der Waals surface area contributed by atoms with E-state index in [1.807, 2.05) is 24.3 Å². The number of rotatable bonds is 7. The molecule has 146 valence electrons. The molecule has 0 amide bonds. The van der Waals surface area contributed by atoms with Gasteiger partial charge in [0.05, 0.1) is 12.9 Å². The maximum Gasteiger partial charge on any atom is 0.182 e. The van der Waals surface area contributed by atoms with Crippen molar-refractivity contribution in [2.24, 2.45) is 11.8 Å². The SMILES string of the molecule is c1nc(Nc2ccc(OCCCN3CC4CCCC4C3)cc2)c2[nH]cnc2n1. The molecule has 2 unspecified atom stereocenters. The predicted molar refractivity (Wildman–Crippen MR) is 109 cm³/mol. The van der Waals surface area contributed by atoms with Crippen LogP contribution < -0.4 is 10.1 Å². The van der Waals surface area contributed by atoms with Gasteiger partial charge in [0, 0.05) is 25.3 Å². The first-order valence-corrected chi connectivity index (χ1v) is 10.2. The van der Waals surface area contributed by atoms with Crippen LogP contribution in [0.1, 0.15) is 25.7 Å². The molecule has 5 rings (SSSR count). The highest BCUT2D eigenvalue weighted by Gasteiger charge is 2.35. The average Bonchev–Trinajstić information content (AvgIpc) is 3.43. The normalized spacial score (nSPS) is 21.9. The highest BCUT2D eigenvalue weighted by molar-refractivity contribution is 5.84. The van der Waals surface area contributed by atoms with Gasteiger partial charge in [-0.1, -0.05) is 6.42 Å². The van der Waals surface area contributed by atoms with Crippen molar-refractivity contribution in [3.8, 4) is 5.75 Å². The van der Waals surface area contributed by atoms with Crippen molar-refractivity contribution in [1.82, 2.24) is 24.8 Å². The third kappa shape index (κ3) is 3.67. The zero-order valence-electron chi connectivity index (χ0n) is 16.0. The third-order valence-corrected chi connectivity index (χ3v) is 6.03. The van der Waals surface area contributed by atoms with Crippen LogP contribution in [0.25, 0.3) is 11.2 Å². The zero-order chi connectivity index (χ0) is 18.8. The van der Waals surface area contributed by atoms with E-state index in [1.165, 1.54) is 38.7 Å². The Morgan fingerprint density at radius 3 is 2.71 bits per heavy atom. The molecule has 1 aliphatic heterocycles. The summed E-state index contributed by atoms with van der Waals surface area (Å²) in [7, 11) is 0. The maximum absolute atomic E-state index is 5.93. The molecule has 2 aliphatic rings. The van der Waals surface area contributed by atoms with Crippen molar-refractivity contribution in [2.45, 2.75) is 25.7 Å². The number of aromatic nitrogens is 4. The topological polar surface area (TPSA) is 79.0 Å². The zero-order valence-corrected chi connectivity index (χ0v) is 16.0. The second-order valence-corrected chi connectivity index (χ2v) is 7.89. The molecule has 7 heteroatoms. The molecule has 0 radical (unpaired) electrons. The quantitative estimate of drug-likeness (QED) is 0.612. The van der Waals surface area contributed by atoms with Crippen molar-refractivity contribution in [3.05, 3.63) is 36.9 Å². The minimum Gasteiger partial charge on any atom is -0.494 e. The fraction of sp³-hybridized carbons (Fsp3) is 0.476. The van der Waals surface area contributed by atoms with Gasteiger partial charge in [0.1, 0.15) is 17.6 Å². The molecule has 0 spiro atoms. The number of anilines is 2. The number of ether oxygens (including phenoxy) is 1. The van der Waals surface area contributed by atoms with E-state index in [4.69, 9.17) is 4.74 Å². The Morgan fingerprint density at radius 2 is 1.89 bits per heavy atom. The first-order valence-electron chi connectivity index (χ1n) is 10.2. The van der Waals surface area contributed by atoms with Gasteiger partial charge in [-0.3, -0.25) is 0 Å². The Hall–Kier alpha value is -2.67. The van der Waals surface area contributed by atoms with Gasteiger partial charge in [-0.25, -0.2) is 15.0 Å². The molecular weight excluding hydrogens is 352 g/mol. The van der Waals surface area contributed by atoms with E-state index in [0.29, 0.717) is 11.5 Å². The minimum absolute atomic E-state index is 0.652. The molecule has 1 saturated carbocycles. The van der Waals surface area contributed by atoms with Crippen LogP contribution >= 0.6 is 0 Å². The van der Waals surface area contributed by atoms with Gasteiger partial charge in [0.2, 0.25) is 0 Å². The van der Waals surface area contributed by atoms with Crippen molar-refractivity contribution in [3.63, 3.8) is 0 Å². The number of hydrogen-bond acceptors (Lipinski definition) is 6. The predicted octanol–water partition coefficient (Wildman–Crippen LogP) is 3.60. The molecule has 7 nitrogen and oxygen atoms in total. The summed E-state index contributed by atoms with van der Waals surface area (Å²) < 4.78 is 5.93. The average molecular weight is 378 g/mol.